The minimum absolute atomic E-state index is 0.314. The molecule has 16 heavy (non-hydrogen) atoms. The lowest BCUT2D eigenvalue weighted by molar-refractivity contribution is 0.313. The Hall–Kier alpha value is -0.340. The van der Waals surface area contributed by atoms with E-state index in [9.17, 15) is 0 Å². The molecule has 2 aliphatic carbocycles. The highest BCUT2D eigenvalue weighted by molar-refractivity contribution is 9.10. The Balaban J connectivity index is 2.13. The molecule has 0 saturated heterocycles. The van der Waals surface area contributed by atoms with Gasteiger partial charge in [-0.25, -0.2) is 0 Å². The van der Waals surface area contributed by atoms with Crippen molar-refractivity contribution in [1.29, 1.82) is 0 Å². The molecule has 0 aliphatic heterocycles. The number of aryl methyl sites for hydroxylation is 1. The van der Waals surface area contributed by atoms with Crippen LogP contribution in [0.1, 0.15) is 43.2 Å². The molecule has 0 amide bonds. The average Bonchev–Trinajstić information content (AvgIpc) is 2.74. The van der Waals surface area contributed by atoms with Crippen LogP contribution in [0.5, 0.6) is 0 Å². The number of fused-ring (bicyclic) bond motifs is 2. The molecule has 3 rings (SSSR count). The fourth-order valence-corrected chi connectivity index (χ4v) is 4.10. The lowest BCUT2D eigenvalue weighted by Crippen LogP contribution is -2.47. The summed E-state index contributed by atoms with van der Waals surface area (Å²) >= 11 is 3.57. The van der Waals surface area contributed by atoms with Gasteiger partial charge in [0.1, 0.15) is 0 Å². The molecule has 0 aromatic heterocycles. The van der Waals surface area contributed by atoms with Crippen LogP contribution in [0.25, 0.3) is 0 Å². The zero-order chi connectivity index (χ0) is 11.2. The van der Waals surface area contributed by atoms with Crippen LogP contribution in [-0.2, 0) is 11.8 Å². The Morgan fingerprint density at radius 1 is 1.25 bits per heavy atom. The van der Waals surface area contributed by atoms with Crippen molar-refractivity contribution in [3.05, 3.63) is 33.8 Å². The first-order valence-electron chi connectivity index (χ1n) is 6.27. The predicted octanol–water partition coefficient (Wildman–Crippen LogP) is 3.53. The number of benzene rings is 1. The molecule has 1 saturated carbocycles. The van der Waals surface area contributed by atoms with Crippen molar-refractivity contribution in [2.24, 2.45) is 5.73 Å². The van der Waals surface area contributed by atoms with Gasteiger partial charge < -0.3 is 5.73 Å². The van der Waals surface area contributed by atoms with Crippen molar-refractivity contribution in [1.82, 2.24) is 0 Å². The van der Waals surface area contributed by atoms with Crippen LogP contribution in [0.15, 0.2) is 22.7 Å². The monoisotopic (exact) mass is 279 g/mol. The summed E-state index contributed by atoms with van der Waals surface area (Å²) < 4.78 is 1.20. The van der Waals surface area contributed by atoms with E-state index in [0.29, 0.717) is 11.5 Å². The van der Waals surface area contributed by atoms with Crippen molar-refractivity contribution in [2.75, 3.05) is 0 Å². The smallest absolute Gasteiger partial charge is 0.0178 e. The summed E-state index contributed by atoms with van der Waals surface area (Å²) in [6.07, 6.45) is 7.60. The molecule has 2 aliphatic rings. The van der Waals surface area contributed by atoms with E-state index >= 15 is 0 Å². The maximum Gasteiger partial charge on any atom is 0.0178 e. The van der Waals surface area contributed by atoms with Crippen molar-refractivity contribution < 1.29 is 0 Å². The van der Waals surface area contributed by atoms with Gasteiger partial charge in [-0.05, 0) is 48.9 Å². The van der Waals surface area contributed by atoms with Crippen molar-refractivity contribution in [3.8, 4) is 0 Å². The summed E-state index contributed by atoms with van der Waals surface area (Å²) in [7, 11) is 0. The van der Waals surface area contributed by atoms with Gasteiger partial charge in [-0.3, -0.25) is 0 Å². The molecule has 1 spiro atoms. The summed E-state index contributed by atoms with van der Waals surface area (Å²) in [6.45, 7) is 0. The second-order valence-electron chi connectivity index (χ2n) is 5.31. The van der Waals surface area contributed by atoms with Gasteiger partial charge in [0.25, 0.3) is 0 Å². The zero-order valence-corrected chi connectivity index (χ0v) is 11.1. The van der Waals surface area contributed by atoms with Gasteiger partial charge >= 0.3 is 0 Å². The number of hydrogen-bond acceptors (Lipinski definition) is 1. The lowest BCUT2D eigenvalue weighted by Gasteiger charge is -2.41. The van der Waals surface area contributed by atoms with E-state index < -0.39 is 0 Å². The maximum atomic E-state index is 6.42. The standard InChI is InChI=1S/C14H18BrN/c15-11-4-5-12-10(9-11)3-6-13(16)14(12)7-1-2-8-14/h4-5,9,13H,1-3,6-8,16H2. The quantitative estimate of drug-likeness (QED) is 0.773. The van der Waals surface area contributed by atoms with Gasteiger partial charge in [0.05, 0.1) is 0 Å². The van der Waals surface area contributed by atoms with E-state index in [1.54, 1.807) is 5.56 Å². The Morgan fingerprint density at radius 3 is 2.75 bits per heavy atom. The molecule has 86 valence electrons. The Morgan fingerprint density at radius 2 is 2.00 bits per heavy atom. The first kappa shape index (κ1) is 10.8. The molecular weight excluding hydrogens is 262 g/mol. The van der Waals surface area contributed by atoms with Gasteiger partial charge in [0.2, 0.25) is 0 Å². The van der Waals surface area contributed by atoms with Crippen LogP contribution in [-0.4, -0.2) is 6.04 Å². The predicted molar refractivity (Wildman–Crippen MR) is 70.6 cm³/mol. The van der Waals surface area contributed by atoms with Gasteiger partial charge in [0.15, 0.2) is 0 Å². The second-order valence-corrected chi connectivity index (χ2v) is 6.23. The van der Waals surface area contributed by atoms with Crippen LogP contribution >= 0.6 is 15.9 Å². The number of nitrogens with two attached hydrogens (primary N) is 1. The molecular formula is C14H18BrN. The third-order valence-electron chi connectivity index (χ3n) is 4.53. The SMILES string of the molecule is NC1CCc2cc(Br)ccc2C12CCCC2. The second kappa shape index (κ2) is 3.85. The van der Waals surface area contributed by atoms with Gasteiger partial charge in [-0.15, -0.1) is 0 Å². The number of rotatable bonds is 0. The fourth-order valence-electron chi connectivity index (χ4n) is 3.69. The summed E-state index contributed by atoms with van der Waals surface area (Å²) in [6, 6.07) is 7.16. The van der Waals surface area contributed by atoms with E-state index in [1.165, 1.54) is 35.7 Å². The van der Waals surface area contributed by atoms with Gasteiger partial charge in [-0.2, -0.15) is 0 Å². The lowest BCUT2D eigenvalue weighted by atomic mass is 9.66. The van der Waals surface area contributed by atoms with Crippen molar-refractivity contribution in [2.45, 2.75) is 50.0 Å². The molecule has 0 radical (unpaired) electrons. The van der Waals surface area contributed by atoms with Gasteiger partial charge in [0, 0.05) is 15.9 Å². The molecule has 2 heteroatoms. The summed E-state index contributed by atoms with van der Waals surface area (Å²) in [5.41, 5.74) is 9.80. The van der Waals surface area contributed by atoms with Crippen molar-refractivity contribution in [3.63, 3.8) is 0 Å². The first-order chi connectivity index (χ1) is 7.72. The molecule has 0 bridgehead atoms. The highest BCUT2D eigenvalue weighted by Gasteiger charge is 2.44. The Labute approximate surface area is 106 Å². The molecule has 1 aromatic rings. The zero-order valence-electron chi connectivity index (χ0n) is 9.51. The van der Waals surface area contributed by atoms with Crippen LogP contribution < -0.4 is 5.73 Å². The molecule has 1 aromatic carbocycles. The van der Waals surface area contributed by atoms with E-state index in [2.05, 4.69) is 34.1 Å². The Kier molecular flexibility index (Phi) is 2.60. The van der Waals surface area contributed by atoms with E-state index in [-0.39, 0.29) is 0 Å². The molecule has 1 nitrogen and oxygen atoms in total. The first-order valence-corrected chi connectivity index (χ1v) is 7.06. The van der Waals surface area contributed by atoms with Crippen LogP contribution in [0.2, 0.25) is 0 Å². The molecule has 1 unspecified atom stereocenters. The third kappa shape index (κ3) is 1.46. The normalized spacial score (nSPS) is 27.0. The number of hydrogen-bond donors (Lipinski definition) is 1. The highest BCUT2D eigenvalue weighted by Crippen LogP contribution is 2.48. The molecule has 2 N–H and O–H groups in total. The fraction of sp³-hybridized carbons (Fsp3) is 0.571. The van der Waals surface area contributed by atoms with Crippen LogP contribution in [0.3, 0.4) is 0 Å². The van der Waals surface area contributed by atoms with Crippen molar-refractivity contribution >= 4 is 15.9 Å². The van der Waals surface area contributed by atoms with Gasteiger partial charge in [-0.1, -0.05) is 34.8 Å². The Bertz CT molecular complexity index is 407. The minimum Gasteiger partial charge on any atom is -0.327 e. The molecule has 0 heterocycles. The van der Waals surface area contributed by atoms with Crippen LogP contribution in [0, 0.1) is 0 Å². The topological polar surface area (TPSA) is 26.0 Å². The minimum atomic E-state index is 0.314. The molecule has 1 atom stereocenters. The average molecular weight is 280 g/mol. The summed E-state index contributed by atoms with van der Waals surface area (Å²) in [5, 5.41) is 0. The molecule has 1 fully saturated rings. The van der Waals surface area contributed by atoms with Crippen LogP contribution in [0.4, 0.5) is 0 Å². The summed E-state index contributed by atoms with van der Waals surface area (Å²) in [5.74, 6) is 0. The van der Waals surface area contributed by atoms with E-state index in [0.717, 1.165) is 12.8 Å². The largest absolute Gasteiger partial charge is 0.327 e. The number of halogens is 1. The van der Waals surface area contributed by atoms with E-state index in [1.807, 2.05) is 0 Å². The highest BCUT2D eigenvalue weighted by atomic mass is 79.9. The van der Waals surface area contributed by atoms with E-state index in [4.69, 9.17) is 5.73 Å². The maximum absolute atomic E-state index is 6.42. The third-order valence-corrected chi connectivity index (χ3v) is 5.03. The summed E-state index contributed by atoms with van der Waals surface area (Å²) in [4.78, 5) is 0.